The number of hydrogen-bond donors (Lipinski definition) is 1. The van der Waals surface area contributed by atoms with Crippen LogP contribution in [0.4, 0.5) is 0 Å². The number of carbonyl (C=O) groups excluding carboxylic acids is 1. The van der Waals surface area contributed by atoms with Crippen LogP contribution in [0.1, 0.15) is 17.5 Å². The molecule has 0 aliphatic carbocycles. The van der Waals surface area contributed by atoms with Gasteiger partial charge in [-0.3, -0.25) is 4.79 Å². The van der Waals surface area contributed by atoms with Gasteiger partial charge in [0.15, 0.2) is 0 Å². The van der Waals surface area contributed by atoms with Crippen LogP contribution in [0, 0.1) is 6.92 Å². The molecule has 0 atom stereocenters. The van der Waals surface area contributed by atoms with E-state index < -0.39 is 0 Å². The van der Waals surface area contributed by atoms with Crippen LogP contribution in [0.25, 0.3) is 0 Å². The molecule has 0 radical (unpaired) electrons. The number of hydrogen-bond acceptors (Lipinski definition) is 1. The van der Waals surface area contributed by atoms with E-state index in [1.54, 1.807) is 6.08 Å². The van der Waals surface area contributed by atoms with Crippen molar-refractivity contribution < 1.29 is 4.79 Å². The van der Waals surface area contributed by atoms with Crippen LogP contribution in [-0.2, 0) is 11.2 Å². The molecule has 1 aromatic rings. The number of amides is 1. The van der Waals surface area contributed by atoms with Gasteiger partial charge in [-0.15, -0.1) is 6.58 Å². The molecule has 80 valence electrons. The number of rotatable bonds is 5. The third-order valence-electron chi connectivity index (χ3n) is 2.20. The quantitative estimate of drug-likeness (QED) is 0.730. The summed E-state index contributed by atoms with van der Waals surface area (Å²) in [6.45, 7) is 6.15. The maximum absolute atomic E-state index is 11.3. The Kier molecular flexibility index (Phi) is 4.61. The summed E-state index contributed by atoms with van der Waals surface area (Å²) in [6.07, 6.45) is 3.02. The first-order chi connectivity index (χ1) is 7.22. The van der Waals surface area contributed by atoms with Gasteiger partial charge in [-0.2, -0.15) is 0 Å². The van der Waals surface area contributed by atoms with Gasteiger partial charge < -0.3 is 5.32 Å². The molecule has 0 unspecified atom stereocenters. The van der Waals surface area contributed by atoms with E-state index in [-0.39, 0.29) is 5.91 Å². The summed E-state index contributed by atoms with van der Waals surface area (Å²) >= 11 is 0. The van der Waals surface area contributed by atoms with E-state index in [1.165, 1.54) is 11.1 Å². The third kappa shape index (κ3) is 4.45. The van der Waals surface area contributed by atoms with Crippen molar-refractivity contribution >= 4 is 5.91 Å². The largest absolute Gasteiger partial charge is 0.353 e. The third-order valence-corrected chi connectivity index (χ3v) is 2.20. The second-order valence-electron chi connectivity index (χ2n) is 3.58. The minimum absolute atomic E-state index is 0.0791. The molecule has 0 saturated carbocycles. The first-order valence-electron chi connectivity index (χ1n) is 5.15. The van der Waals surface area contributed by atoms with E-state index in [0.29, 0.717) is 13.0 Å². The first-order valence-corrected chi connectivity index (χ1v) is 5.15. The number of aryl methyl sites for hydroxylation is 2. The lowest BCUT2D eigenvalue weighted by Crippen LogP contribution is -2.23. The SMILES string of the molecule is C=CCNC(=O)CCc1ccc(C)cc1. The summed E-state index contributed by atoms with van der Waals surface area (Å²) in [6, 6.07) is 8.26. The predicted molar refractivity (Wildman–Crippen MR) is 62.7 cm³/mol. The van der Waals surface area contributed by atoms with Gasteiger partial charge >= 0.3 is 0 Å². The highest BCUT2D eigenvalue weighted by Crippen LogP contribution is 2.05. The Morgan fingerprint density at radius 1 is 1.40 bits per heavy atom. The van der Waals surface area contributed by atoms with E-state index >= 15 is 0 Å². The highest BCUT2D eigenvalue weighted by Gasteiger charge is 2.00. The summed E-state index contributed by atoms with van der Waals surface area (Å²) in [5.74, 6) is 0.0791. The average Bonchev–Trinajstić information content (AvgIpc) is 2.25. The monoisotopic (exact) mass is 203 g/mol. The van der Waals surface area contributed by atoms with Crippen molar-refractivity contribution in [2.75, 3.05) is 6.54 Å². The molecule has 1 N–H and O–H groups in total. The van der Waals surface area contributed by atoms with Crippen LogP contribution < -0.4 is 5.32 Å². The fraction of sp³-hybridized carbons (Fsp3) is 0.308. The molecule has 0 fully saturated rings. The smallest absolute Gasteiger partial charge is 0.220 e. The number of benzene rings is 1. The van der Waals surface area contributed by atoms with Gasteiger partial charge in [0.2, 0.25) is 5.91 Å². The van der Waals surface area contributed by atoms with Crippen LogP contribution in [0.5, 0.6) is 0 Å². The van der Waals surface area contributed by atoms with Crippen molar-refractivity contribution in [1.82, 2.24) is 5.32 Å². The minimum Gasteiger partial charge on any atom is -0.353 e. The molecule has 1 rings (SSSR count). The number of carbonyl (C=O) groups is 1. The van der Waals surface area contributed by atoms with Crippen molar-refractivity contribution in [1.29, 1.82) is 0 Å². The number of nitrogens with one attached hydrogen (secondary N) is 1. The van der Waals surface area contributed by atoms with Gasteiger partial charge in [0, 0.05) is 13.0 Å². The fourth-order valence-electron chi connectivity index (χ4n) is 1.29. The van der Waals surface area contributed by atoms with Crippen LogP contribution in [0.2, 0.25) is 0 Å². The zero-order valence-corrected chi connectivity index (χ0v) is 9.12. The Morgan fingerprint density at radius 3 is 2.67 bits per heavy atom. The normalized spacial score (nSPS) is 9.67. The van der Waals surface area contributed by atoms with Crippen LogP contribution in [0.3, 0.4) is 0 Å². The molecule has 2 nitrogen and oxygen atoms in total. The average molecular weight is 203 g/mol. The molecule has 0 aromatic heterocycles. The molecule has 0 heterocycles. The van der Waals surface area contributed by atoms with E-state index in [9.17, 15) is 4.79 Å². The molecule has 1 amide bonds. The second-order valence-corrected chi connectivity index (χ2v) is 3.58. The van der Waals surface area contributed by atoms with Gasteiger partial charge in [-0.1, -0.05) is 35.9 Å². The molecular weight excluding hydrogens is 186 g/mol. The van der Waals surface area contributed by atoms with Gasteiger partial charge in [0.25, 0.3) is 0 Å². The molecule has 0 spiro atoms. The van der Waals surface area contributed by atoms with Crippen molar-refractivity contribution in [3.05, 3.63) is 48.0 Å². The standard InChI is InChI=1S/C13H17NO/c1-3-10-14-13(15)9-8-12-6-4-11(2)5-7-12/h3-7H,1,8-10H2,2H3,(H,14,15). The van der Waals surface area contributed by atoms with Gasteiger partial charge in [-0.05, 0) is 18.9 Å². The van der Waals surface area contributed by atoms with E-state index in [1.807, 2.05) is 0 Å². The zero-order chi connectivity index (χ0) is 11.1. The molecule has 0 bridgehead atoms. The summed E-state index contributed by atoms with van der Waals surface area (Å²) in [7, 11) is 0. The minimum atomic E-state index is 0.0791. The lowest BCUT2D eigenvalue weighted by molar-refractivity contribution is -0.120. The Balaban J connectivity index is 2.33. The lowest BCUT2D eigenvalue weighted by Gasteiger charge is -2.03. The summed E-state index contributed by atoms with van der Waals surface area (Å²) in [5.41, 5.74) is 2.45. The maximum Gasteiger partial charge on any atom is 0.220 e. The molecular formula is C13H17NO. The van der Waals surface area contributed by atoms with Crippen molar-refractivity contribution in [2.45, 2.75) is 19.8 Å². The fourth-order valence-corrected chi connectivity index (χ4v) is 1.29. The predicted octanol–water partition coefficient (Wildman–Crippen LogP) is 2.23. The van der Waals surface area contributed by atoms with Crippen molar-refractivity contribution in [3.63, 3.8) is 0 Å². The lowest BCUT2D eigenvalue weighted by atomic mass is 10.1. The van der Waals surface area contributed by atoms with Crippen LogP contribution >= 0.6 is 0 Å². The second kappa shape index (κ2) is 6.02. The van der Waals surface area contributed by atoms with Gasteiger partial charge in [-0.25, -0.2) is 0 Å². The molecule has 2 heteroatoms. The van der Waals surface area contributed by atoms with Crippen LogP contribution in [0.15, 0.2) is 36.9 Å². The molecule has 0 saturated heterocycles. The van der Waals surface area contributed by atoms with Crippen molar-refractivity contribution in [3.8, 4) is 0 Å². The van der Waals surface area contributed by atoms with E-state index in [0.717, 1.165) is 6.42 Å². The maximum atomic E-state index is 11.3. The topological polar surface area (TPSA) is 29.1 Å². The van der Waals surface area contributed by atoms with Gasteiger partial charge in [0.1, 0.15) is 0 Å². The van der Waals surface area contributed by atoms with E-state index in [2.05, 4.69) is 43.1 Å². The van der Waals surface area contributed by atoms with Crippen LogP contribution in [-0.4, -0.2) is 12.5 Å². The molecule has 0 aliphatic rings. The highest BCUT2D eigenvalue weighted by molar-refractivity contribution is 5.76. The first kappa shape index (κ1) is 11.5. The van der Waals surface area contributed by atoms with Crippen molar-refractivity contribution in [2.24, 2.45) is 0 Å². The zero-order valence-electron chi connectivity index (χ0n) is 9.12. The van der Waals surface area contributed by atoms with Gasteiger partial charge in [0.05, 0.1) is 0 Å². The Bertz CT molecular complexity index is 327. The Labute approximate surface area is 91.0 Å². The van der Waals surface area contributed by atoms with E-state index in [4.69, 9.17) is 0 Å². The highest BCUT2D eigenvalue weighted by atomic mass is 16.1. The summed E-state index contributed by atoms with van der Waals surface area (Å²) < 4.78 is 0. The molecule has 0 aliphatic heterocycles. The molecule has 1 aromatic carbocycles. The Hall–Kier alpha value is -1.57. The molecule has 15 heavy (non-hydrogen) atoms. The Morgan fingerprint density at radius 2 is 2.07 bits per heavy atom. The summed E-state index contributed by atoms with van der Waals surface area (Å²) in [5, 5.41) is 2.76. The summed E-state index contributed by atoms with van der Waals surface area (Å²) in [4.78, 5) is 11.3.